The lowest BCUT2D eigenvalue weighted by molar-refractivity contribution is -0.143. The first-order valence-electron chi connectivity index (χ1n) is 5.94. The van der Waals surface area contributed by atoms with E-state index in [4.69, 9.17) is 16.2 Å². The first-order chi connectivity index (χ1) is 10.0. The number of nitrogens with two attached hydrogens (primary N) is 2. The fourth-order valence-corrected chi connectivity index (χ4v) is 1.46. The van der Waals surface area contributed by atoms with E-state index in [1.807, 2.05) is 0 Å². The summed E-state index contributed by atoms with van der Waals surface area (Å²) in [6, 6.07) is 1.69. The highest BCUT2D eigenvalue weighted by Gasteiger charge is 2.12. The molecule has 4 N–H and O–H groups in total. The van der Waals surface area contributed by atoms with Crippen LogP contribution in [0.4, 0.5) is 17.8 Å². The second-order valence-corrected chi connectivity index (χ2v) is 4.03. The SMILES string of the molecule is CN(CC(=O)OCc1nc(N)nc(N)n1)c1ncccn1. The molecular formula is C11H14N8O2. The maximum atomic E-state index is 11.7. The molecule has 10 nitrogen and oxygen atoms in total. The maximum absolute atomic E-state index is 11.7. The third-order valence-corrected chi connectivity index (χ3v) is 2.34. The molecule has 0 aliphatic rings. The van der Waals surface area contributed by atoms with Gasteiger partial charge in [0.25, 0.3) is 0 Å². The van der Waals surface area contributed by atoms with Crippen molar-refractivity contribution >= 4 is 23.8 Å². The fraction of sp³-hybridized carbons (Fsp3) is 0.273. The molecule has 0 spiro atoms. The van der Waals surface area contributed by atoms with Crippen LogP contribution in [0.1, 0.15) is 5.82 Å². The third-order valence-electron chi connectivity index (χ3n) is 2.34. The van der Waals surface area contributed by atoms with Gasteiger partial charge in [0.15, 0.2) is 12.4 Å². The van der Waals surface area contributed by atoms with Gasteiger partial charge in [-0.3, -0.25) is 4.79 Å². The number of aromatic nitrogens is 5. The Bertz CT molecular complexity index is 601. The number of nitrogens with zero attached hydrogens (tertiary/aromatic N) is 6. The second kappa shape index (κ2) is 6.41. The highest BCUT2D eigenvalue weighted by molar-refractivity contribution is 5.74. The standard InChI is InChI=1S/C11H14N8O2/c1-19(11-14-3-2-4-15-11)5-8(20)21-6-7-16-9(12)18-10(13)17-7/h2-4H,5-6H2,1H3,(H4,12,13,16,17,18). The Hall–Kier alpha value is -3.04. The van der Waals surface area contributed by atoms with Crippen LogP contribution in [0, 0.1) is 0 Å². The van der Waals surface area contributed by atoms with Crippen LogP contribution in [-0.4, -0.2) is 44.5 Å². The summed E-state index contributed by atoms with van der Waals surface area (Å²) in [5.41, 5.74) is 10.8. The van der Waals surface area contributed by atoms with Gasteiger partial charge in [0, 0.05) is 19.4 Å². The minimum Gasteiger partial charge on any atom is -0.456 e. The zero-order valence-electron chi connectivity index (χ0n) is 11.3. The molecule has 0 saturated carbocycles. The first kappa shape index (κ1) is 14.4. The molecule has 21 heavy (non-hydrogen) atoms. The molecule has 0 aliphatic carbocycles. The number of carbonyl (C=O) groups excluding carboxylic acids is 1. The summed E-state index contributed by atoms with van der Waals surface area (Å²) in [6.07, 6.45) is 3.17. The van der Waals surface area contributed by atoms with Gasteiger partial charge in [-0.15, -0.1) is 0 Å². The smallest absolute Gasteiger partial charge is 0.326 e. The third kappa shape index (κ3) is 4.23. The lowest BCUT2D eigenvalue weighted by Crippen LogP contribution is -2.28. The quantitative estimate of drug-likeness (QED) is 0.657. The average Bonchev–Trinajstić information content (AvgIpc) is 2.45. The zero-order chi connectivity index (χ0) is 15.2. The predicted octanol–water partition coefficient (Wildman–Crippen LogP) is -0.994. The van der Waals surface area contributed by atoms with Gasteiger partial charge in [0.1, 0.15) is 6.54 Å². The van der Waals surface area contributed by atoms with Crippen LogP contribution in [0.2, 0.25) is 0 Å². The summed E-state index contributed by atoms with van der Waals surface area (Å²) in [5, 5.41) is 0. The van der Waals surface area contributed by atoms with Gasteiger partial charge in [-0.1, -0.05) is 0 Å². The van der Waals surface area contributed by atoms with Crippen molar-refractivity contribution in [2.45, 2.75) is 6.61 Å². The van der Waals surface area contributed by atoms with Crippen molar-refractivity contribution < 1.29 is 9.53 Å². The molecule has 0 unspecified atom stereocenters. The number of esters is 1. The normalized spacial score (nSPS) is 10.1. The Balaban J connectivity index is 1.87. The summed E-state index contributed by atoms with van der Waals surface area (Å²) >= 11 is 0. The van der Waals surface area contributed by atoms with E-state index in [9.17, 15) is 4.79 Å². The molecule has 0 saturated heterocycles. The van der Waals surface area contributed by atoms with Gasteiger partial charge >= 0.3 is 5.97 Å². The van der Waals surface area contributed by atoms with Crippen LogP contribution in [0.15, 0.2) is 18.5 Å². The van der Waals surface area contributed by atoms with E-state index >= 15 is 0 Å². The van der Waals surface area contributed by atoms with Crippen molar-refractivity contribution in [1.29, 1.82) is 0 Å². The van der Waals surface area contributed by atoms with Gasteiger partial charge < -0.3 is 21.1 Å². The van der Waals surface area contributed by atoms with E-state index in [0.717, 1.165) is 0 Å². The van der Waals surface area contributed by atoms with Crippen LogP contribution < -0.4 is 16.4 Å². The number of nitrogen functional groups attached to an aromatic ring is 2. The summed E-state index contributed by atoms with van der Waals surface area (Å²) in [5.74, 6) is 0.0734. The molecular weight excluding hydrogens is 276 g/mol. The second-order valence-electron chi connectivity index (χ2n) is 4.03. The number of likely N-dealkylation sites (N-methyl/N-ethyl adjacent to an activating group) is 1. The van der Waals surface area contributed by atoms with Gasteiger partial charge in [-0.2, -0.15) is 15.0 Å². The van der Waals surface area contributed by atoms with Gasteiger partial charge in [0.05, 0.1) is 0 Å². The highest BCUT2D eigenvalue weighted by atomic mass is 16.5. The molecule has 0 aromatic carbocycles. The molecule has 0 radical (unpaired) electrons. The van der Waals surface area contributed by atoms with Crippen LogP contribution in [0.25, 0.3) is 0 Å². The monoisotopic (exact) mass is 290 g/mol. The summed E-state index contributed by atoms with van der Waals surface area (Å²) in [6.45, 7) is -0.153. The van der Waals surface area contributed by atoms with Crippen molar-refractivity contribution in [1.82, 2.24) is 24.9 Å². The van der Waals surface area contributed by atoms with Gasteiger partial charge in [0.2, 0.25) is 17.8 Å². The molecule has 2 aromatic rings. The van der Waals surface area contributed by atoms with Crippen LogP contribution in [-0.2, 0) is 16.1 Å². The number of ether oxygens (including phenoxy) is 1. The lowest BCUT2D eigenvalue weighted by atomic mass is 10.5. The van der Waals surface area contributed by atoms with E-state index < -0.39 is 5.97 Å². The molecule has 2 heterocycles. The Morgan fingerprint density at radius 3 is 2.43 bits per heavy atom. The van der Waals surface area contributed by atoms with E-state index in [-0.39, 0.29) is 30.9 Å². The number of hydrogen-bond acceptors (Lipinski definition) is 10. The minimum absolute atomic E-state index is 0.0138. The zero-order valence-corrected chi connectivity index (χ0v) is 11.3. The van der Waals surface area contributed by atoms with E-state index in [2.05, 4.69) is 24.9 Å². The van der Waals surface area contributed by atoms with Crippen molar-refractivity contribution in [3.8, 4) is 0 Å². The van der Waals surface area contributed by atoms with Crippen molar-refractivity contribution in [2.75, 3.05) is 30.0 Å². The van der Waals surface area contributed by atoms with E-state index in [1.165, 1.54) is 0 Å². The van der Waals surface area contributed by atoms with E-state index in [0.29, 0.717) is 5.95 Å². The molecule has 0 fully saturated rings. The van der Waals surface area contributed by atoms with Crippen LogP contribution in [0.5, 0.6) is 0 Å². The molecule has 2 rings (SSSR count). The number of carbonyl (C=O) groups is 1. The fourth-order valence-electron chi connectivity index (χ4n) is 1.46. The largest absolute Gasteiger partial charge is 0.456 e. The summed E-state index contributed by atoms with van der Waals surface area (Å²) < 4.78 is 5.03. The van der Waals surface area contributed by atoms with E-state index in [1.54, 1.807) is 30.4 Å². The molecule has 10 heteroatoms. The molecule has 110 valence electrons. The minimum atomic E-state index is -0.484. The highest BCUT2D eigenvalue weighted by Crippen LogP contribution is 2.03. The van der Waals surface area contributed by atoms with Gasteiger partial charge in [-0.25, -0.2) is 9.97 Å². The Morgan fingerprint density at radius 2 is 1.81 bits per heavy atom. The molecule has 0 aliphatic heterocycles. The molecule has 0 atom stereocenters. The molecule has 0 bridgehead atoms. The molecule has 0 amide bonds. The predicted molar refractivity (Wildman–Crippen MR) is 73.7 cm³/mol. The van der Waals surface area contributed by atoms with Gasteiger partial charge in [-0.05, 0) is 6.07 Å². The van der Waals surface area contributed by atoms with Crippen LogP contribution >= 0.6 is 0 Å². The van der Waals surface area contributed by atoms with Crippen LogP contribution in [0.3, 0.4) is 0 Å². The average molecular weight is 290 g/mol. The Labute approximate surface area is 120 Å². The molecule has 2 aromatic heterocycles. The maximum Gasteiger partial charge on any atom is 0.326 e. The first-order valence-corrected chi connectivity index (χ1v) is 5.94. The number of anilines is 3. The Kier molecular flexibility index (Phi) is 4.39. The lowest BCUT2D eigenvalue weighted by Gasteiger charge is -2.15. The van der Waals surface area contributed by atoms with Crippen molar-refractivity contribution in [3.05, 3.63) is 24.3 Å². The topological polar surface area (TPSA) is 146 Å². The number of hydrogen-bond donors (Lipinski definition) is 2. The Morgan fingerprint density at radius 1 is 1.19 bits per heavy atom. The summed E-state index contributed by atoms with van der Waals surface area (Å²) in [4.78, 5) is 32.5. The number of rotatable bonds is 5. The van der Waals surface area contributed by atoms with Crippen molar-refractivity contribution in [2.24, 2.45) is 0 Å². The van der Waals surface area contributed by atoms with Crippen molar-refractivity contribution in [3.63, 3.8) is 0 Å². The summed E-state index contributed by atoms with van der Waals surface area (Å²) in [7, 11) is 1.68.